The van der Waals surface area contributed by atoms with Gasteiger partial charge in [0.1, 0.15) is 0 Å². The van der Waals surface area contributed by atoms with E-state index in [-0.39, 0.29) is 12.5 Å². The van der Waals surface area contributed by atoms with Crippen LogP contribution in [-0.2, 0) is 9.59 Å². The van der Waals surface area contributed by atoms with Gasteiger partial charge in [0.15, 0.2) is 0 Å². The highest BCUT2D eigenvalue weighted by atomic mass is 16.2. The highest BCUT2D eigenvalue weighted by Gasteiger charge is 2.25. The summed E-state index contributed by atoms with van der Waals surface area (Å²) in [6, 6.07) is 0. The van der Waals surface area contributed by atoms with Gasteiger partial charge in [-0.2, -0.15) is 0 Å². The fourth-order valence-corrected chi connectivity index (χ4v) is 3.91. The lowest BCUT2D eigenvalue weighted by Crippen LogP contribution is -2.40. The molecular formula is C19H31N3O2. The van der Waals surface area contributed by atoms with E-state index in [4.69, 9.17) is 6.42 Å². The van der Waals surface area contributed by atoms with Crippen molar-refractivity contribution in [2.45, 2.75) is 45.4 Å². The van der Waals surface area contributed by atoms with E-state index in [0.29, 0.717) is 24.8 Å². The number of hydrogen-bond donors (Lipinski definition) is 1. The SMILES string of the molecule is C#CCNC(=O)CN1CCCN(C(=O)CC2CCCC(C)C2)CC1. The molecule has 5 nitrogen and oxygen atoms in total. The zero-order chi connectivity index (χ0) is 17.4. The van der Waals surface area contributed by atoms with E-state index in [9.17, 15) is 9.59 Å². The van der Waals surface area contributed by atoms with Crippen LogP contribution in [0.5, 0.6) is 0 Å². The molecule has 0 spiro atoms. The monoisotopic (exact) mass is 333 g/mol. The molecule has 24 heavy (non-hydrogen) atoms. The number of amides is 2. The molecule has 5 heteroatoms. The molecule has 1 aliphatic carbocycles. The third-order valence-corrected chi connectivity index (χ3v) is 5.20. The average molecular weight is 333 g/mol. The van der Waals surface area contributed by atoms with Crippen molar-refractivity contribution in [1.82, 2.24) is 15.1 Å². The van der Waals surface area contributed by atoms with Gasteiger partial charge in [0.05, 0.1) is 13.1 Å². The summed E-state index contributed by atoms with van der Waals surface area (Å²) >= 11 is 0. The smallest absolute Gasteiger partial charge is 0.234 e. The van der Waals surface area contributed by atoms with Crippen molar-refractivity contribution >= 4 is 11.8 Å². The quantitative estimate of drug-likeness (QED) is 0.776. The van der Waals surface area contributed by atoms with Crippen molar-refractivity contribution in [3.63, 3.8) is 0 Å². The maximum Gasteiger partial charge on any atom is 0.234 e. The van der Waals surface area contributed by atoms with Crippen molar-refractivity contribution in [3.05, 3.63) is 0 Å². The summed E-state index contributed by atoms with van der Waals surface area (Å²) in [6.07, 6.45) is 11.7. The lowest BCUT2D eigenvalue weighted by molar-refractivity contribution is -0.132. The summed E-state index contributed by atoms with van der Waals surface area (Å²) in [4.78, 5) is 28.5. The number of hydrogen-bond acceptors (Lipinski definition) is 3. The first-order chi connectivity index (χ1) is 11.6. The molecule has 1 aliphatic heterocycles. The maximum absolute atomic E-state index is 12.6. The second kappa shape index (κ2) is 9.68. The number of nitrogens with one attached hydrogen (secondary N) is 1. The van der Waals surface area contributed by atoms with Gasteiger partial charge in [0.2, 0.25) is 11.8 Å². The van der Waals surface area contributed by atoms with E-state index < -0.39 is 0 Å². The molecule has 0 aromatic carbocycles. The zero-order valence-corrected chi connectivity index (χ0v) is 14.9. The van der Waals surface area contributed by atoms with Crippen LogP contribution in [0.2, 0.25) is 0 Å². The first-order valence-electron chi connectivity index (χ1n) is 9.28. The first-order valence-corrected chi connectivity index (χ1v) is 9.28. The van der Waals surface area contributed by atoms with Crippen molar-refractivity contribution in [1.29, 1.82) is 0 Å². The third-order valence-electron chi connectivity index (χ3n) is 5.20. The minimum atomic E-state index is -0.0380. The number of carbonyl (C=O) groups is 2. The Morgan fingerprint density at radius 3 is 2.75 bits per heavy atom. The van der Waals surface area contributed by atoms with Gasteiger partial charge in [-0.15, -0.1) is 6.42 Å². The minimum Gasteiger partial charge on any atom is -0.344 e. The Kier molecular flexibility index (Phi) is 7.58. The standard InChI is InChI=1S/C19H31N3O2/c1-3-8-20-18(23)15-21-9-5-10-22(12-11-21)19(24)14-17-7-4-6-16(2)13-17/h1,16-17H,4-15H2,2H3,(H,20,23). The molecule has 1 N–H and O–H groups in total. The molecule has 0 aromatic heterocycles. The molecule has 0 aromatic rings. The molecule has 2 atom stereocenters. The van der Waals surface area contributed by atoms with Crippen LogP contribution in [0, 0.1) is 24.2 Å². The summed E-state index contributed by atoms with van der Waals surface area (Å²) in [6.45, 7) is 6.09. The Morgan fingerprint density at radius 1 is 1.17 bits per heavy atom. The number of nitrogens with zero attached hydrogens (tertiary/aromatic N) is 2. The Bertz CT molecular complexity index is 472. The van der Waals surface area contributed by atoms with Crippen LogP contribution in [0.3, 0.4) is 0 Å². The van der Waals surface area contributed by atoms with Gasteiger partial charge < -0.3 is 10.2 Å². The van der Waals surface area contributed by atoms with E-state index >= 15 is 0 Å². The second-order valence-corrected chi connectivity index (χ2v) is 7.33. The van der Waals surface area contributed by atoms with Crippen molar-refractivity contribution in [2.24, 2.45) is 11.8 Å². The zero-order valence-electron chi connectivity index (χ0n) is 14.9. The maximum atomic E-state index is 12.6. The largest absolute Gasteiger partial charge is 0.344 e. The van der Waals surface area contributed by atoms with Gasteiger partial charge in [-0.3, -0.25) is 14.5 Å². The number of carbonyl (C=O) groups excluding carboxylic acids is 2. The van der Waals surface area contributed by atoms with Crippen LogP contribution < -0.4 is 5.32 Å². The van der Waals surface area contributed by atoms with Gasteiger partial charge in [0, 0.05) is 32.6 Å². The van der Waals surface area contributed by atoms with Crippen LogP contribution in [0.1, 0.15) is 45.4 Å². The Hall–Kier alpha value is -1.54. The van der Waals surface area contributed by atoms with Gasteiger partial charge in [-0.1, -0.05) is 25.7 Å². The molecule has 1 heterocycles. The van der Waals surface area contributed by atoms with Crippen LogP contribution >= 0.6 is 0 Å². The summed E-state index contributed by atoms with van der Waals surface area (Å²) in [5.74, 6) is 4.00. The van der Waals surface area contributed by atoms with Gasteiger partial charge in [0.25, 0.3) is 0 Å². The molecule has 2 unspecified atom stereocenters. The van der Waals surface area contributed by atoms with E-state index in [0.717, 1.165) is 38.5 Å². The predicted molar refractivity (Wildman–Crippen MR) is 95.2 cm³/mol. The average Bonchev–Trinajstić information content (AvgIpc) is 2.78. The number of terminal acetylenes is 1. The van der Waals surface area contributed by atoms with Crippen LogP contribution in [0.25, 0.3) is 0 Å². The summed E-state index contributed by atoms with van der Waals surface area (Å²) < 4.78 is 0. The lowest BCUT2D eigenvalue weighted by atomic mass is 9.80. The van der Waals surface area contributed by atoms with Crippen LogP contribution in [0.4, 0.5) is 0 Å². The Labute approximate surface area is 146 Å². The molecule has 134 valence electrons. The fourth-order valence-electron chi connectivity index (χ4n) is 3.91. The van der Waals surface area contributed by atoms with Crippen molar-refractivity contribution in [3.8, 4) is 12.3 Å². The second-order valence-electron chi connectivity index (χ2n) is 7.33. The third kappa shape index (κ3) is 6.16. The molecular weight excluding hydrogens is 302 g/mol. The highest BCUT2D eigenvalue weighted by Crippen LogP contribution is 2.31. The van der Waals surface area contributed by atoms with E-state index in [1.54, 1.807) is 0 Å². The minimum absolute atomic E-state index is 0.0380. The number of rotatable bonds is 5. The predicted octanol–water partition coefficient (Wildman–Crippen LogP) is 1.49. The molecule has 1 saturated heterocycles. The molecule has 2 rings (SSSR count). The van der Waals surface area contributed by atoms with E-state index in [1.165, 1.54) is 25.7 Å². The summed E-state index contributed by atoms with van der Waals surface area (Å²) in [5.41, 5.74) is 0. The van der Waals surface area contributed by atoms with Gasteiger partial charge >= 0.3 is 0 Å². The van der Waals surface area contributed by atoms with Gasteiger partial charge in [-0.25, -0.2) is 0 Å². The van der Waals surface area contributed by atoms with Crippen molar-refractivity contribution in [2.75, 3.05) is 39.3 Å². The molecule has 2 aliphatic rings. The molecule has 2 amide bonds. The summed E-state index contributed by atoms with van der Waals surface area (Å²) in [5, 5.41) is 2.70. The van der Waals surface area contributed by atoms with E-state index in [1.807, 2.05) is 4.90 Å². The van der Waals surface area contributed by atoms with Crippen molar-refractivity contribution < 1.29 is 9.59 Å². The van der Waals surface area contributed by atoms with Crippen LogP contribution in [-0.4, -0.2) is 60.9 Å². The summed E-state index contributed by atoms with van der Waals surface area (Å²) in [7, 11) is 0. The molecule has 1 saturated carbocycles. The first kappa shape index (κ1) is 18.8. The van der Waals surface area contributed by atoms with Gasteiger partial charge in [-0.05, 0) is 31.1 Å². The molecule has 0 radical (unpaired) electrons. The Balaban J connectivity index is 1.74. The lowest BCUT2D eigenvalue weighted by Gasteiger charge is -2.29. The Morgan fingerprint density at radius 2 is 2.00 bits per heavy atom. The van der Waals surface area contributed by atoms with Crippen LogP contribution in [0.15, 0.2) is 0 Å². The highest BCUT2D eigenvalue weighted by molar-refractivity contribution is 5.78. The normalized spacial score (nSPS) is 25.6. The fraction of sp³-hybridized carbons (Fsp3) is 0.789. The topological polar surface area (TPSA) is 52.7 Å². The molecule has 2 fully saturated rings. The molecule has 0 bridgehead atoms. The van der Waals surface area contributed by atoms with E-state index in [2.05, 4.69) is 23.1 Å².